The van der Waals surface area contributed by atoms with E-state index in [-0.39, 0.29) is 11.9 Å². The second-order valence-corrected chi connectivity index (χ2v) is 6.24. The van der Waals surface area contributed by atoms with Crippen molar-refractivity contribution in [2.75, 3.05) is 13.1 Å². The van der Waals surface area contributed by atoms with Gasteiger partial charge in [-0.15, -0.1) is 11.3 Å². The number of halogens is 1. The molecule has 0 aliphatic carbocycles. The normalized spacial score (nSPS) is 21.4. The first-order valence-electron chi connectivity index (χ1n) is 5.90. The van der Waals surface area contributed by atoms with Gasteiger partial charge in [0.1, 0.15) is 0 Å². The zero-order valence-electron chi connectivity index (χ0n) is 9.83. The fourth-order valence-electron chi connectivity index (χ4n) is 2.08. The molecule has 2 N–H and O–H groups in total. The third kappa shape index (κ3) is 3.69. The van der Waals surface area contributed by atoms with Gasteiger partial charge in [0.25, 0.3) is 0 Å². The van der Waals surface area contributed by atoms with Gasteiger partial charge in [-0.05, 0) is 44.5 Å². The van der Waals surface area contributed by atoms with Gasteiger partial charge < -0.3 is 10.6 Å². The zero-order valence-corrected chi connectivity index (χ0v) is 11.4. The number of carbonyl (C=O) groups is 1. The van der Waals surface area contributed by atoms with E-state index in [9.17, 15) is 4.79 Å². The van der Waals surface area contributed by atoms with Gasteiger partial charge in [0, 0.05) is 11.3 Å². The summed E-state index contributed by atoms with van der Waals surface area (Å²) < 4.78 is 0.765. The molecule has 0 bridgehead atoms. The van der Waals surface area contributed by atoms with Crippen LogP contribution in [0, 0.1) is 5.92 Å². The molecular weight excluding hydrogens is 256 g/mol. The number of thiophene rings is 1. The second-order valence-electron chi connectivity index (χ2n) is 4.49. The van der Waals surface area contributed by atoms with Gasteiger partial charge in [-0.3, -0.25) is 4.79 Å². The summed E-state index contributed by atoms with van der Waals surface area (Å²) in [7, 11) is 0. The highest BCUT2D eigenvalue weighted by Crippen LogP contribution is 2.26. The molecule has 1 amide bonds. The van der Waals surface area contributed by atoms with Crippen molar-refractivity contribution in [3.05, 3.63) is 21.3 Å². The van der Waals surface area contributed by atoms with Gasteiger partial charge in [0.2, 0.25) is 5.91 Å². The molecular formula is C12H17ClN2OS. The molecule has 2 heterocycles. The molecule has 0 spiro atoms. The average molecular weight is 273 g/mol. The van der Waals surface area contributed by atoms with Crippen molar-refractivity contribution in [3.8, 4) is 0 Å². The van der Waals surface area contributed by atoms with E-state index in [2.05, 4.69) is 10.6 Å². The van der Waals surface area contributed by atoms with E-state index in [1.54, 1.807) is 0 Å². The molecule has 3 nitrogen and oxygen atoms in total. The maximum atomic E-state index is 11.8. The van der Waals surface area contributed by atoms with E-state index >= 15 is 0 Å². The van der Waals surface area contributed by atoms with Crippen LogP contribution in [-0.2, 0) is 4.79 Å². The fraction of sp³-hybridized carbons (Fsp3) is 0.583. The highest BCUT2D eigenvalue weighted by atomic mass is 35.5. The average Bonchev–Trinajstić information content (AvgIpc) is 2.89. The molecule has 1 aliphatic rings. The molecule has 94 valence electrons. The first-order valence-corrected chi connectivity index (χ1v) is 7.10. The van der Waals surface area contributed by atoms with Gasteiger partial charge in [-0.25, -0.2) is 0 Å². The van der Waals surface area contributed by atoms with Crippen molar-refractivity contribution in [1.82, 2.24) is 10.6 Å². The lowest BCUT2D eigenvalue weighted by atomic mass is 10.0. The van der Waals surface area contributed by atoms with E-state index in [0.717, 1.165) is 28.7 Å². The van der Waals surface area contributed by atoms with Crippen molar-refractivity contribution >= 4 is 28.8 Å². The first-order chi connectivity index (χ1) is 8.15. The Kier molecular flexibility index (Phi) is 4.42. The van der Waals surface area contributed by atoms with Gasteiger partial charge in [-0.1, -0.05) is 11.6 Å². The molecule has 2 atom stereocenters. The van der Waals surface area contributed by atoms with Crippen LogP contribution in [0.2, 0.25) is 4.34 Å². The topological polar surface area (TPSA) is 41.1 Å². The molecule has 0 aromatic carbocycles. The van der Waals surface area contributed by atoms with Crippen LogP contribution < -0.4 is 10.6 Å². The zero-order chi connectivity index (χ0) is 12.3. The van der Waals surface area contributed by atoms with Crippen LogP contribution in [-0.4, -0.2) is 19.0 Å². The van der Waals surface area contributed by atoms with E-state index in [1.807, 2.05) is 19.1 Å². The molecule has 1 fully saturated rings. The summed E-state index contributed by atoms with van der Waals surface area (Å²) in [4.78, 5) is 12.9. The predicted molar refractivity (Wildman–Crippen MR) is 71.5 cm³/mol. The smallest absolute Gasteiger partial charge is 0.220 e. The van der Waals surface area contributed by atoms with E-state index in [4.69, 9.17) is 11.6 Å². The Labute approximate surface area is 111 Å². The molecule has 17 heavy (non-hydrogen) atoms. The standard InChI is InChI=1S/C12H17ClN2OS/c1-8(10-2-3-11(13)17-10)15-12(16)6-9-4-5-14-7-9/h2-3,8-9,14H,4-7H2,1H3,(H,15,16). The Balaban J connectivity index is 1.81. The third-order valence-electron chi connectivity index (χ3n) is 3.03. The lowest BCUT2D eigenvalue weighted by Gasteiger charge is -2.14. The Bertz CT molecular complexity index is 388. The minimum atomic E-state index is 0.0503. The molecule has 1 aliphatic heterocycles. The summed E-state index contributed by atoms with van der Waals surface area (Å²) >= 11 is 7.39. The number of rotatable bonds is 4. The van der Waals surface area contributed by atoms with Gasteiger partial charge in [-0.2, -0.15) is 0 Å². The summed E-state index contributed by atoms with van der Waals surface area (Å²) in [5.41, 5.74) is 0. The number of hydrogen-bond donors (Lipinski definition) is 2. The van der Waals surface area contributed by atoms with E-state index < -0.39 is 0 Å². The third-order valence-corrected chi connectivity index (χ3v) is 4.45. The number of carbonyl (C=O) groups excluding carboxylic acids is 1. The number of hydrogen-bond acceptors (Lipinski definition) is 3. The summed E-state index contributed by atoms with van der Waals surface area (Å²) in [5, 5.41) is 6.29. The molecule has 1 saturated heterocycles. The highest BCUT2D eigenvalue weighted by Gasteiger charge is 2.19. The molecule has 1 aromatic heterocycles. The molecule has 2 rings (SSSR count). The minimum Gasteiger partial charge on any atom is -0.349 e. The molecule has 5 heteroatoms. The summed E-state index contributed by atoms with van der Waals surface area (Å²) in [5.74, 6) is 0.629. The Hall–Kier alpha value is -0.580. The molecule has 0 saturated carbocycles. The van der Waals surface area contributed by atoms with E-state index in [1.165, 1.54) is 11.3 Å². The monoisotopic (exact) mass is 272 g/mol. The van der Waals surface area contributed by atoms with Crippen molar-refractivity contribution in [2.45, 2.75) is 25.8 Å². The van der Waals surface area contributed by atoms with Crippen LogP contribution in [0.1, 0.15) is 30.7 Å². The number of amides is 1. The summed E-state index contributed by atoms with van der Waals surface area (Å²) in [6.07, 6.45) is 1.73. The Morgan fingerprint density at radius 1 is 1.71 bits per heavy atom. The van der Waals surface area contributed by atoms with Gasteiger partial charge >= 0.3 is 0 Å². The molecule has 0 radical (unpaired) electrons. The Morgan fingerprint density at radius 3 is 3.12 bits per heavy atom. The maximum Gasteiger partial charge on any atom is 0.220 e. The van der Waals surface area contributed by atoms with Gasteiger partial charge in [0.15, 0.2) is 0 Å². The molecule has 1 aromatic rings. The van der Waals surface area contributed by atoms with Crippen LogP contribution in [0.25, 0.3) is 0 Å². The highest BCUT2D eigenvalue weighted by molar-refractivity contribution is 7.16. The Morgan fingerprint density at radius 2 is 2.53 bits per heavy atom. The lowest BCUT2D eigenvalue weighted by Crippen LogP contribution is -2.28. The van der Waals surface area contributed by atoms with Gasteiger partial charge in [0.05, 0.1) is 10.4 Å². The minimum absolute atomic E-state index is 0.0503. The number of nitrogens with one attached hydrogen (secondary N) is 2. The van der Waals surface area contributed by atoms with Crippen molar-refractivity contribution in [3.63, 3.8) is 0 Å². The van der Waals surface area contributed by atoms with Crippen molar-refractivity contribution in [2.24, 2.45) is 5.92 Å². The first kappa shape index (κ1) is 12.9. The lowest BCUT2D eigenvalue weighted by molar-refractivity contribution is -0.122. The van der Waals surface area contributed by atoms with Crippen LogP contribution in [0.4, 0.5) is 0 Å². The predicted octanol–water partition coefficient (Wildman–Crippen LogP) is 2.58. The SMILES string of the molecule is CC(NC(=O)CC1CCNC1)c1ccc(Cl)s1. The summed E-state index contributed by atoms with van der Waals surface area (Å²) in [6.45, 7) is 3.99. The second kappa shape index (κ2) is 5.85. The maximum absolute atomic E-state index is 11.8. The fourth-order valence-corrected chi connectivity index (χ4v) is 3.15. The van der Waals surface area contributed by atoms with Crippen LogP contribution in [0.3, 0.4) is 0 Å². The molecule has 2 unspecified atom stereocenters. The largest absolute Gasteiger partial charge is 0.349 e. The van der Waals surface area contributed by atoms with E-state index in [0.29, 0.717) is 12.3 Å². The quantitative estimate of drug-likeness (QED) is 0.885. The van der Waals surface area contributed by atoms with Crippen LogP contribution in [0.5, 0.6) is 0 Å². The van der Waals surface area contributed by atoms with Crippen molar-refractivity contribution < 1.29 is 4.79 Å². The van der Waals surface area contributed by atoms with Crippen LogP contribution >= 0.6 is 22.9 Å². The van der Waals surface area contributed by atoms with Crippen molar-refractivity contribution in [1.29, 1.82) is 0 Å². The van der Waals surface area contributed by atoms with Crippen LogP contribution in [0.15, 0.2) is 12.1 Å². The summed E-state index contributed by atoms with van der Waals surface area (Å²) in [6, 6.07) is 3.88.